The Hall–Kier alpha value is -1.36. The number of hydrogen-bond donors (Lipinski definition) is 2. The average Bonchev–Trinajstić information content (AvgIpc) is 2.29. The fraction of sp³-hybridized carbons (Fsp3) is 0.667. The molecule has 0 amide bonds. The van der Waals surface area contributed by atoms with Gasteiger partial charge in [-0.15, -0.1) is 0 Å². The highest BCUT2D eigenvalue weighted by Gasteiger charge is 2.26. The molecule has 0 radical (unpaired) electrons. The van der Waals surface area contributed by atoms with Crippen molar-refractivity contribution in [2.75, 3.05) is 18.5 Å². The molecule has 0 spiro atoms. The predicted molar refractivity (Wildman–Crippen MR) is 69.1 cm³/mol. The van der Waals surface area contributed by atoms with Gasteiger partial charge in [0.1, 0.15) is 5.82 Å². The molecule has 96 valence electrons. The first kappa shape index (κ1) is 13.7. The number of anilines is 1. The van der Waals surface area contributed by atoms with E-state index < -0.39 is 0 Å². The lowest BCUT2D eigenvalue weighted by Gasteiger charge is -2.33. The molecule has 0 fully saturated rings. The first-order valence-corrected chi connectivity index (χ1v) is 5.95. The van der Waals surface area contributed by atoms with Crippen LogP contribution in [-0.4, -0.2) is 28.7 Å². The lowest BCUT2D eigenvalue weighted by Crippen LogP contribution is -2.47. The first-order valence-electron chi connectivity index (χ1n) is 5.95. The molecule has 5 nitrogen and oxygen atoms in total. The Morgan fingerprint density at radius 1 is 1.47 bits per heavy atom. The average molecular weight is 238 g/mol. The Kier molecular flexibility index (Phi) is 4.69. The smallest absolute Gasteiger partial charge is 0.234 e. The third kappa shape index (κ3) is 3.56. The van der Waals surface area contributed by atoms with Crippen molar-refractivity contribution in [3.05, 3.63) is 12.4 Å². The van der Waals surface area contributed by atoms with E-state index in [4.69, 9.17) is 10.5 Å². The summed E-state index contributed by atoms with van der Waals surface area (Å²) in [6, 6.07) is 0. The predicted octanol–water partition coefficient (Wildman–Crippen LogP) is 1.66. The molecule has 1 unspecified atom stereocenters. The van der Waals surface area contributed by atoms with Crippen molar-refractivity contribution >= 4 is 5.82 Å². The number of ether oxygens (including phenoxy) is 1. The molecule has 3 N–H and O–H groups in total. The van der Waals surface area contributed by atoms with Gasteiger partial charge in [0.2, 0.25) is 5.88 Å². The van der Waals surface area contributed by atoms with Gasteiger partial charge in [0.15, 0.2) is 0 Å². The lowest BCUT2D eigenvalue weighted by atomic mass is 9.88. The van der Waals surface area contributed by atoms with E-state index in [2.05, 4.69) is 36.1 Å². The molecule has 0 aromatic carbocycles. The summed E-state index contributed by atoms with van der Waals surface area (Å²) in [5.41, 5.74) is 5.62. The van der Waals surface area contributed by atoms with Gasteiger partial charge in [-0.1, -0.05) is 13.8 Å². The van der Waals surface area contributed by atoms with E-state index in [0.29, 0.717) is 30.8 Å². The summed E-state index contributed by atoms with van der Waals surface area (Å²) >= 11 is 0. The van der Waals surface area contributed by atoms with Gasteiger partial charge in [-0.05, 0) is 19.8 Å². The molecule has 1 aromatic heterocycles. The minimum absolute atomic E-state index is 0.195. The molecule has 0 aliphatic carbocycles. The van der Waals surface area contributed by atoms with Crippen LogP contribution in [0.3, 0.4) is 0 Å². The minimum atomic E-state index is -0.195. The summed E-state index contributed by atoms with van der Waals surface area (Å²) in [6.07, 6.45) is 3.28. The Morgan fingerprint density at radius 3 is 2.71 bits per heavy atom. The van der Waals surface area contributed by atoms with Crippen LogP contribution in [0.15, 0.2) is 12.4 Å². The molecule has 17 heavy (non-hydrogen) atoms. The van der Waals surface area contributed by atoms with E-state index in [1.54, 1.807) is 12.4 Å². The van der Waals surface area contributed by atoms with Crippen molar-refractivity contribution in [2.45, 2.75) is 33.2 Å². The zero-order valence-corrected chi connectivity index (χ0v) is 11.0. The quantitative estimate of drug-likeness (QED) is 0.788. The molecular formula is C12H22N4O. The number of nitrogens with one attached hydrogen (secondary N) is 1. The Balaban J connectivity index is 2.83. The first-order chi connectivity index (χ1) is 8.01. The molecular weight excluding hydrogens is 216 g/mol. The Labute approximate surface area is 103 Å². The number of aromatic nitrogens is 2. The van der Waals surface area contributed by atoms with Gasteiger partial charge in [-0.25, -0.2) is 0 Å². The van der Waals surface area contributed by atoms with Crippen molar-refractivity contribution in [3.8, 4) is 5.88 Å². The van der Waals surface area contributed by atoms with Crippen LogP contribution >= 0.6 is 0 Å². The maximum Gasteiger partial charge on any atom is 0.234 e. The largest absolute Gasteiger partial charge is 0.477 e. The van der Waals surface area contributed by atoms with Gasteiger partial charge >= 0.3 is 0 Å². The highest BCUT2D eigenvalue weighted by Crippen LogP contribution is 2.21. The number of nitrogens with zero attached hydrogens (tertiary/aromatic N) is 2. The molecule has 0 bridgehead atoms. The van der Waals surface area contributed by atoms with E-state index in [0.717, 1.165) is 0 Å². The molecule has 0 saturated carbocycles. The highest BCUT2D eigenvalue weighted by atomic mass is 16.5. The summed E-state index contributed by atoms with van der Waals surface area (Å²) in [7, 11) is 0. The van der Waals surface area contributed by atoms with Crippen LogP contribution in [0.5, 0.6) is 5.88 Å². The van der Waals surface area contributed by atoms with E-state index in [1.165, 1.54) is 0 Å². The van der Waals surface area contributed by atoms with Crippen molar-refractivity contribution in [3.63, 3.8) is 0 Å². The summed E-state index contributed by atoms with van der Waals surface area (Å²) in [6.45, 7) is 9.35. The summed E-state index contributed by atoms with van der Waals surface area (Å²) in [4.78, 5) is 8.42. The Bertz CT molecular complexity index is 356. The van der Waals surface area contributed by atoms with E-state index in [1.807, 2.05) is 6.92 Å². The van der Waals surface area contributed by atoms with Crippen LogP contribution in [0.25, 0.3) is 0 Å². The summed E-state index contributed by atoms with van der Waals surface area (Å²) in [5.74, 6) is 1.61. The maximum atomic E-state index is 5.81. The van der Waals surface area contributed by atoms with Crippen LogP contribution in [0, 0.1) is 5.92 Å². The van der Waals surface area contributed by atoms with Crippen molar-refractivity contribution < 1.29 is 4.74 Å². The lowest BCUT2D eigenvalue weighted by molar-refractivity contribution is 0.324. The normalized spacial score (nSPS) is 14.5. The van der Waals surface area contributed by atoms with Crippen molar-refractivity contribution in [2.24, 2.45) is 11.7 Å². The van der Waals surface area contributed by atoms with E-state index in [-0.39, 0.29) is 5.54 Å². The van der Waals surface area contributed by atoms with Gasteiger partial charge in [0, 0.05) is 6.54 Å². The molecule has 0 aliphatic heterocycles. The van der Waals surface area contributed by atoms with Crippen LogP contribution < -0.4 is 15.8 Å². The molecule has 1 atom stereocenters. The fourth-order valence-corrected chi connectivity index (χ4v) is 1.35. The zero-order valence-electron chi connectivity index (χ0n) is 11.0. The van der Waals surface area contributed by atoms with Gasteiger partial charge in [0.25, 0.3) is 0 Å². The van der Waals surface area contributed by atoms with Crippen LogP contribution in [-0.2, 0) is 0 Å². The number of hydrogen-bond acceptors (Lipinski definition) is 5. The van der Waals surface area contributed by atoms with Crippen molar-refractivity contribution in [1.82, 2.24) is 9.97 Å². The third-order valence-electron chi connectivity index (χ3n) is 3.02. The molecule has 1 heterocycles. The summed E-state index contributed by atoms with van der Waals surface area (Å²) in [5, 5.41) is 3.32. The van der Waals surface area contributed by atoms with Crippen molar-refractivity contribution in [1.29, 1.82) is 0 Å². The SMILES string of the molecule is CCOc1cncc(NC(C)(CN)C(C)C)n1. The highest BCUT2D eigenvalue weighted by molar-refractivity contribution is 5.37. The fourth-order valence-electron chi connectivity index (χ4n) is 1.35. The maximum absolute atomic E-state index is 5.81. The monoisotopic (exact) mass is 238 g/mol. The van der Waals surface area contributed by atoms with E-state index >= 15 is 0 Å². The van der Waals surface area contributed by atoms with Gasteiger partial charge in [-0.3, -0.25) is 4.98 Å². The van der Waals surface area contributed by atoms with Gasteiger partial charge in [-0.2, -0.15) is 4.98 Å². The minimum Gasteiger partial charge on any atom is -0.477 e. The second kappa shape index (κ2) is 5.82. The molecule has 5 heteroatoms. The molecule has 0 aliphatic rings. The number of rotatable bonds is 6. The molecule has 1 rings (SSSR count). The van der Waals surface area contributed by atoms with Gasteiger partial charge < -0.3 is 15.8 Å². The van der Waals surface area contributed by atoms with Crippen LogP contribution in [0.1, 0.15) is 27.7 Å². The second-order valence-electron chi connectivity index (χ2n) is 4.58. The third-order valence-corrected chi connectivity index (χ3v) is 3.02. The number of nitrogens with two attached hydrogens (primary N) is 1. The molecule has 1 aromatic rings. The standard InChI is InChI=1S/C12H22N4O/c1-5-17-11-7-14-6-10(15-11)16-12(4,8-13)9(2)3/h6-7,9H,5,8,13H2,1-4H3,(H,15,16). The summed E-state index contributed by atoms with van der Waals surface area (Å²) < 4.78 is 5.31. The topological polar surface area (TPSA) is 73.1 Å². The van der Waals surface area contributed by atoms with Gasteiger partial charge in [0.05, 0.1) is 24.5 Å². The van der Waals surface area contributed by atoms with E-state index in [9.17, 15) is 0 Å². The zero-order chi connectivity index (χ0) is 12.9. The van der Waals surface area contributed by atoms with Crippen LogP contribution in [0.2, 0.25) is 0 Å². The second-order valence-corrected chi connectivity index (χ2v) is 4.58. The van der Waals surface area contributed by atoms with Crippen LogP contribution in [0.4, 0.5) is 5.82 Å². The Morgan fingerprint density at radius 2 is 2.18 bits per heavy atom. The molecule has 0 saturated heterocycles.